The Bertz CT molecular complexity index is 728. The Balaban J connectivity index is 2.59. The summed E-state index contributed by atoms with van der Waals surface area (Å²) in [6.07, 6.45) is 1.64. The largest absolute Gasteiger partial charge is 0.480 e. The number of aromatic nitrogens is 1. The summed E-state index contributed by atoms with van der Waals surface area (Å²) in [4.78, 5) is 11.0. The molecule has 0 saturated carbocycles. The van der Waals surface area contributed by atoms with E-state index in [2.05, 4.69) is 0 Å². The monoisotopic (exact) mass is 281 g/mol. The van der Waals surface area contributed by atoms with Crippen LogP contribution in [-0.2, 0) is 21.2 Å². The highest BCUT2D eigenvalue weighted by atomic mass is 32.2. The van der Waals surface area contributed by atoms with Crippen molar-refractivity contribution >= 4 is 26.7 Å². The van der Waals surface area contributed by atoms with Gasteiger partial charge in [-0.05, 0) is 37.4 Å². The lowest BCUT2D eigenvalue weighted by molar-refractivity contribution is -0.137. The topological polar surface area (TPSA) is 76.4 Å². The molecule has 1 N–H and O–H groups in total. The van der Waals surface area contributed by atoms with Crippen LogP contribution in [0.1, 0.15) is 13.8 Å². The Kier molecular flexibility index (Phi) is 3.36. The van der Waals surface area contributed by atoms with E-state index in [4.69, 9.17) is 5.11 Å². The number of carbonyl (C=O) groups is 1. The lowest BCUT2D eigenvalue weighted by Crippen LogP contribution is -2.14. The number of carboxylic acid groups (broad SMARTS) is 1. The van der Waals surface area contributed by atoms with Gasteiger partial charge >= 0.3 is 5.97 Å². The first kappa shape index (κ1) is 13.6. The molecule has 1 aromatic heterocycles. The Morgan fingerprint density at radius 1 is 1.32 bits per heavy atom. The molecule has 0 saturated heterocycles. The molecule has 19 heavy (non-hydrogen) atoms. The van der Waals surface area contributed by atoms with Crippen molar-refractivity contribution in [2.24, 2.45) is 0 Å². The summed E-state index contributed by atoms with van der Waals surface area (Å²) in [6.45, 7) is 3.06. The fourth-order valence-electron chi connectivity index (χ4n) is 1.90. The molecule has 6 heteroatoms. The van der Waals surface area contributed by atoms with E-state index in [0.29, 0.717) is 5.52 Å². The van der Waals surface area contributed by atoms with Gasteiger partial charge in [0, 0.05) is 11.7 Å². The molecule has 1 heterocycles. The van der Waals surface area contributed by atoms with Gasteiger partial charge in [0.25, 0.3) is 0 Å². The number of rotatable bonds is 4. The van der Waals surface area contributed by atoms with Gasteiger partial charge < -0.3 is 9.67 Å². The average molecular weight is 281 g/mol. The lowest BCUT2D eigenvalue weighted by atomic mass is 10.2. The molecule has 5 nitrogen and oxygen atoms in total. The molecule has 1 aromatic carbocycles. The molecule has 102 valence electrons. The highest BCUT2D eigenvalue weighted by Gasteiger charge is 2.20. The molecule has 0 spiro atoms. The smallest absolute Gasteiger partial charge is 0.323 e. The zero-order valence-corrected chi connectivity index (χ0v) is 11.5. The molecule has 0 unspecified atom stereocenters. The van der Waals surface area contributed by atoms with E-state index >= 15 is 0 Å². The van der Waals surface area contributed by atoms with Gasteiger partial charge in [0.1, 0.15) is 6.54 Å². The van der Waals surface area contributed by atoms with Crippen LogP contribution in [0.15, 0.2) is 35.4 Å². The van der Waals surface area contributed by atoms with Gasteiger partial charge in [-0.25, -0.2) is 8.42 Å². The van der Waals surface area contributed by atoms with Gasteiger partial charge in [-0.2, -0.15) is 0 Å². The van der Waals surface area contributed by atoms with E-state index in [1.807, 2.05) is 0 Å². The molecule has 0 atom stereocenters. The minimum atomic E-state index is -3.35. The van der Waals surface area contributed by atoms with Crippen LogP contribution < -0.4 is 0 Å². The van der Waals surface area contributed by atoms with Crippen LogP contribution in [0, 0.1) is 0 Å². The van der Waals surface area contributed by atoms with Gasteiger partial charge in [0.05, 0.1) is 10.1 Å². The molecule has 0 bridgehead atoms. The van der Waals surface area contributed by atoms with Crippen molar-refractivity contribution in [2.75, 3.05) is 0 Å². The standard InChI is InChI=1S/C13H15NO4S/c1-9(2)19(17,18)11-4-3-10-5-6-14(8-13(15)16)12(10)7-11/h3-7,9H,8H2,1-2H3,(H,15,16). The van der Waals surface area contributed by atoms with E-state index in [-0.39, 0.29) is 11.4 Å². The van der Waals surface area contributed by atoms with Crippen LogP contribution in [0.4, 0.5) is 0 Å². The van der Waals surface area contributed by atoms with Crippen molar-refractivity contribution in [3.05, 3.63) is 30.5 Å². The molecule has 0 aliphatic carbocycles. The number of hydrogen-bond donors (Lipinski definition) is 1. The van der Waals surface area contributed by atoms with E-state index in [0.717, 1.165) is 5.39 Å². The zero-order valence-electron chi connectivity index (χ0n) is 10.7. The first-order valence-electron chi connectivity index (χ1n) is 5.87. The van der Waals surface area contributed by atoms with Crippen LogP contribution >= 0.6 is 0 Å². The second kappa shape index (κ2) is 4.70. The minimum Gasteiger partial charge on any atom is -0.480 e. The fourth-order valence-corrected chi connectivity index (χ4v) is 2.97. The molecule has 0 aliphatic rings. The molecular formula is C13H15NO4S. The summed E-state index contributed by atoms with van der Waals surface area (Å²) < 4.78 is 25.7. The number of nitrogens with zero attached hydrogens (tertiary/aromatic N) is 1. The molecule has 2 rings (SSSR count). The number of carboxylic acids is 1. The minimum absolute atomic E-state index is 0.186. The summed E-state index contributed by atoms with van der Waals surface area (Å²) in [6, 6.07) is 6.56. The predicted molar refractivity (Wildman–Crippen MR) is 71.9 cm³/mol. The summed E-state index contributed by atoms with van der Waals surface area (Å²) in [5.74, 6) is -0.963. The number of aliphatic carboxylic acids is 1. The van der Waals surface area contributed by atoms with Crippen LogP contribution in [0.5, 0.6) is 0 Å². The number of sulfone groups is 1. The van der Waals surface area contributed by atoms with Gasteiger partial charge in [0.2, 0.25) is 0 Å². The molecular weight excluding hydrogens is 266 g/mol. The lowest BCUT2D eigenvalue weighted by Gasteiger charge is -2.09. The van der Waals surface area contributed by atoms with Crippen molar-refractivity contribution in [3.63, 3.8) is 0 Å². The van der Waals surface area contributed by atoms with Gasteiger partial charge in [-0.1, -0.05) is 6.07 Å². The molecule has 0 fully saturated rings. The van der Waals surface area contributed by atoms with E-state index < -0.39 is 21.1 Å². The third-order valence-electron chi connectivity index (χ3n) is 3.00. The summed E-state index contributed by atoms with van der Waals surface area (Å²) in [5.41, 5.74) is 0.615. The van der Waals surface area contributed by atoms with Crippen LogP contribution in [0.25, 0.3) is 10.9 Å². The molecule has 0 radical (unpaired) electrons. The van der Waals surface area contributed by atoms with Gasteiger partial charge in [-0.15, -0.1) is 0 Å². The highest BCUT2D eigenvalue weighted by Crippen LogP contribution is 2.23. The van der Waals surface area contributed by atoms with Crippen molar-refractivity contribution < 1.29 is 18.3 Å². The third kappa shape index (κ3) is 2.49. The summed E-state index contributed by atoms with van der Waals surface area (Å²) in [7, 11) is -3.35. The summed E-state index contributed by atoms with van der Waals surface area (Å²) in [5, 5.41) is 9.14. The Morgan fingerprint density at radius 2 is 2.00 bits per heavy atom. The highest BCUT2D eigenvalue weighted by molar-refractivity contribution is 7.92. The summed E-state index contributed by atoms with van der Waals surface area (Å²) >= 11 is 0. The third-order valence-corrected chi connectivity index (χ3v) is 5.15. The fraction of sp³-hybridized carbons (Fsp3) is 0.308. The maximum atomic E-state index is 12.1. The number of benzene rings is 1. The van der Waals surface area contributed by atoms with Crippen molar-refractivity contribution in [3.8, 4) is 0 Å². The second-order valence-corrected chi connectivity index (χ2v) is 7.16. The number of hydrogen-bond acceptors (Lipinski definition) is 3. The van der Waals surface area contributed by atoms with Crippen LogP contribution in [0.2, 0.25) is 0 Å². The number of fused-ring (bicyclic) bond motifs is 1. The van der Waals surface area contributed by atoms with Crippen LogP contribution in [-0.4, -0.2) is 29.3 Å². The van der Waals surface area contributed by atoms with E-state index in [1.165, 1.54) is 10.6 Å². The Morgan fingerprint density at radius 3 is 2.58 bits per heavy atom. The average Bonchev–Trinajstić information content (AvgIpc) is 2.71. The molecule has 0 amide bonds. The zero-order chi connectivity index (χ0) is 14.2. The second-order valence-electron chi connectivity index (χ2n) is 4.65. The maximum Gasteiger partial charge on any atom is 0.323 e. The normalized spacial score (nSPS) is 12.2. The first-order valence-corrected chi connectivity index (χ1v) is 7.41. The van der Waals surface area contributed by atoms with E-state index in [1.54, 1.807) is 38.2 Å². The van der Waals surface area contributed by atoms with Crippen LogP contribution in [0.3, 0.4) is 0 Å². The maximum absolute atomic E-state index is 12.1. The first-order chi connectivity index (χ1) is 8.82. The molecule has 0 aliphatic heterocycles. The van der Waals surface area contributed by atoms with Crippen molar-refractivity contribution in [2.45, 2.75) is 30.5 Å². The van der Waals surface area contributed by atoms with Crippen molar-refractivity contribution in [1.82, 2.24) is 4.57 Å². The Labute approximate surface area is 111 Å². The SMILES string of the molecule is CC(C)S(=O)(=O)c1ccc2ccn(CC(=O)O)c2c1. The van der Waals surface area contributed by atoms with Crippen molar-refractivity contribution in [1.29, 1.82) is 0 Å². The Hall–Kier alpha value is -1.82. The van der Waals surface area contributed by atoms with E-state index in [9.17, 15) is 13.2 Å². The predicted octanol–water partition coefficient (Wildman–Crippen LogP) is 1.91. The van der Waals surface area contributed by atoms with Gasteiger partial charge in [-0.3, -0.25) is 4.79 Å². The molecule has 2 aromatic rings. The quantitative estimate of drug-likeness (QED) is 0.928. The van der Waals surface area contributed by atoms with Gasteiger partial charge in [0.15, 0.2) is 9.84 Å².